The Balaban J connectivity index is 1.80. The van der Waals surface area contributed by atoms with Crippen LogP contribution < -0.4 is 19.8 Å². The number of halogens is 2. The minimum absolute atomic E-state index is 0.0102. The highest BCUT2D eigenvalue weighted by Gasteiger charge is 2.21. The van der Waals surface area contributed by atoms with E-state index in [2.05, 4.69) is 14.7 Å². The van der Waals surface area contributed by atoms with Crippen molar-refractivity contribution in [2.75, 3.05) is 14.2 Å². The molecule has 1 aliphatic carbocycles. The lowest BCUT2D eigenvalue weighted by atomic mass is 9.97. The summed E-state index contributed by atoms with van der Waals surface area (Å²) in [5.74, 6) is -0.0979. The number of ether oxygens (including phenoxy) is 3. The summed E-state index contributed by atoms with van der Waals surface area (Å²) in [5.41, 5.74) is 1.30. The maximum Gasteiger partial charge on any atom is 0.387 e. The number of thiophene rings is 1. The van der Waals surface area contributed by atoms with Crippen molar-refractivity contribution in [1.29, 1.82) is 5.26 Å². The quantitative estimate of drug-likeness (QED) is 0.544. The molecule has 0 saturated heterocycles. The maximum atomic E-state index is 12.8. The third-order valence-electron chi connectivity index (χ3n) is 5.20. The molecule has 1 aliphatic rings. The fraction of sp³-hybridized carbons (Fsp3) is 0.318. The number of aromatic nitrogens is 2. The number of aryl methyl sites for hydroxylation is 2. The summed E-state index contributed by atoms with van der Waals surface area (Å²) >= 11 is 1.49. The first-order valence-corrected chi connectivity index (χ1v) is 10.6. The number of H-pyrrole nitrogens is 1. The number of methoxy groups -OCH3 is 2. The van der Waals surface area contributed by atoms with Gasteiger partial charge < -0.3 is 19.2 Å². The largest absolute Gasteiger partial charge is 0.493 e. The molecule has 2 aromatic heterocycles. The number of hydrogen-bond acceptors (Lipinski definition) is 7. The molecule has 166 valence electrons. The van der Waals surface area contributed by atoms with Crippen LogP contribution in [0.15, 0.2) is 16.9 Å². The van der Waals surface area contributed by atoms with Crippen LogP contribution in [-0.2, 0) is 12.8 Å². The Labute approximate surface area is 185 Å². The molecule has 0 fully saturated rings. The molecule has 0 radical (unpaired) electrons. The molecule has 2 heterocycles. The van der Waals surface area contributed by atoms with E-state index in [9.17, 15) is 18.8 Å². The molecule has 4 rings (SSSR count). The molecule has 0 spiro atoms. The van der Waals surface area contributed by atoms with Crippen LogP contribution in [0.2, 0.25) is 0 Å². The van der Waals surface area contributed by atoms with Crippen molar-refractivity contribution >= 4 is 33.2 Å². The molecule has 3 aromatic rings. The number of nitriles is 1. The summed E-state index contributed by atoms with van der Waals surface area (Å²) < 4.78 is 40.3. The molecule has 32 heavy (non-hydrogen) atoms. The molecule has 7 nitrogen and oxygen atoms in total. The predicted octanol–water partition coefficient (Wildman–Crippen LogP) is 4.55. The average molecular weight is 459 g/mol. The summed E-state index contributed by atoms with van der Waals surface area (Å²) in [6.45, 7) is -3.06. The number of alkyl halides is 2. The lowest BCUT2D eigenvalue weighted by molar-refractivity contribution is -0.0526. The third kappa shape index (κ3) is 4.03. The highest BCUT2D eigenvalue weighted by Crippen LogP contribution is 2.40. The van der Waals surface area contributed by atoms with Crippen LogP contribution in [0.1, 0.15) is 34.7 Å². The molecule has 0 aliphatic heterocycles. The van der Waals surface area contributed by atoms with E-state index in [4.69, 9.17) is 9.47 Å². The van der Waals surface area contributed by atoms with E-state index < -0.39 is 6.61 Å². The number of rotatable bonds is 6. The van der Waals surface area contributed by atoms with Crippen LogP contribution in [0.5, 0.6) is 17.2 Å². The van der Waals surface area contributed by atoms with E-state index in [1.54, 1.807) is 0 Å². The van der Waals surface area contributed by atoms with Crippen molar-refractivity contribution in [3.63, 3.8) is 0 Å². The molecule has 1 aromatic carbocycles. The monoisotopic (exact) mass is 459 g/mol. The Bertz CT molecular complexity index is 1280. The Kier molecular flexibility index (Phi) is 6.10. The zero-order chi connectivity index (χ0) is 22.8. The summed E-state index contributed by atoms with van der Waals surface area (Å²) in [4.78, 5) is 21.8. The Morgan fingerprint density at radius 2 is 1.94 bits per heavy atom. The van der Waals surface area contributed by atoms with Gasteiger partial charge in [0.05, 0.1) is 25.2 Å². The number of benzene rings is 1. The first-order chi connectivity index (χ1) is 15.4. The number of fused-ring (bicyclic) bond motifs is 3. The molecule has 0 bridgehead atoms. The van der Waals surface area contributed by atoms with Crippen molar-refractivity contribution in [1.82, 2.24) is 9.97 Å². The molecule has 10 heteroatoms. The number of aromatic amines is 1. The first kappa shape index (κ1) is 21.8. The maximum absolute atomic E-state index is 12.8. The second-order valence-electron chi connectivity index (χ2n) is 7.11. The van der Waals surface area contributed by atoms with Gasteiger partial charge in [-0.25, -0.2) is 4.98 Å². The molecule has 0 unspecified atom stereocenters. The zero-order valence-electron chi connectivity index (χ0n) is 17.3. The van der Waals surface area contributed by atoms with Crippen LogP contribution >= 0.6 is 11.3 Å². The molecular weight excluding hydrogens is 440 g/mol. The first-order valence-electron chi connectivity index (χ1n) is 9.82. The van der Waals surface area contributed by atoms with Gasteiger partial charge in [0, 0.05) is 4.88 Å². The topological polar surface area (TPSA) is 97.2 Å². The van der Waals surface area contributed by atoms with Crippen molar-refractivity contribution in [2.45, 2.75) is 32.3 Å². The van der Waals surface area contributed by atoms with Crippen LogP contribution in [0.3, 0.4) is 0 Å². The van der Waals surface area contributed by atoms with E-state index in [1.807, 2.05) is 6.07 Å². The van der Waals surface area contributed by atoms with E-state index >= 15 is 0 Å². The third-order valence-corrected chi connectivity index (χ3v) is 6.39. The smallest absolute Gasteiger partial charge is 0.387 e. The predicted molar refractivity (Wildman–Crippen MR) is 117 cm³/mol. The van der Waals surface area contributed by atoms with E-state index in [-0.39, 0.29) is 34.2 Å². The molecular formula is C22H19F2N3O4S. The number of nitrogens with one attached hydrogen (secondary N) is 1. The summed E-state index contributed by atoms with van der Waals surface area (Å²) in [6.07, 6.45) is 5.38. The number of hydrogen-bond donors (Lipinski definition) is 1. The van der Waals surface area contributed by atoms with Gasteiger partial charge in [-0.05, 0) is 55.0 Å². The normalized spacial score (nSPS) is 13.7. The minimum atomic E-state index is -3.06. The number of allylic oxidation sites excluding steroid dienone is 1. The lowest BCUT2D eigenvalue weighted by Crippen LogP contribution is -2.12. The van der Waals surface area contributed by atoms with Crippen molar-refractivity contribution in [3.05, 3.63) is 44.3 Å². The summed E-state index contributed by atoms with van der Waals surface area (Å²) in [7, 11) is 2.61. The summed E-state index contributed by atoms with van der Waals surface area (Å²) in [5, 5.41) is 10.3. The van der Waals surface area contributed by atoms with Gasteiger partial charge in [-0.1, -0.05) is 0 Å². The van der Waals surface area contributed by atoms with Crippen LogP contribution in [0, 0.1) is 11.3 Å². The Morgan fingerprint density at radius 3 is 2.56 bits per heavy atom. The number of nitrogens with zero attached hydrogens (tertiary/aromatic N) is 2. The molecule has 0 saturated carbocycles. The van der Waals surface area contributed by atoms with Gasteiger partial charge in [0.15, 0.2) is 17.3 Å². The zero-order valence-corrected chi connectivity index (χ0v) is 18.1. The second-order valence-corrected chi connectivity index (χ2v) is 8.19. The minimum Gasteiger partial charge on any atom is -0.493 e. The fourth-order valence-corrected chi connectivity index (χ4v) is 5.06. The van der Waals surface area contributed by atoms with Gasteiger partial charge in [-0.2, -0.15) is 14.0 Å². The average Bonchev–Trinajstić information content (AvgIpc) is 3.16. The Morgan fingerprint density at radius 1 is 1.25 bits per heavy atom. The van der Waals surface area contributed by atoms with Gasteiger partial charge in [0.25, 0.3) is 5.56 Å². The second kappa shape index (κ2) is 8.96. The fourth-order valence-electron chi connectivity index (χ4n) is 3.80. The van der Waals surface area contributed by atoms with Crippen LogP contribution in [-0.4, -0.2) is 30.8 Å². The molecule has 0 amide bonds. The lowest BCUT2D eigenvalue weighted by Gasteiger charge is -2.14. The standard InChI is InChI=1S/C22H19F2N3O4S/c1-29-14-8-11(9-15(30-2)18(14)31-22(23)24)7-12(10-25)19-26-20(28)17-13-5-3-4-6-16(13)32-21(17)27-19/h7-9,22H,3-6H2,1-2H3,(H,26,27,28)/b12-7+. The van der Waals surface area contributed by atoms with Crippen LogP contribution in [0.4, 0.5) is 8.78 Å². The SMILES string of the molecule is COc1cc(/C=C(\C#N)c2nc3sc4c(c3c(=O)[nH]2)CCCC4)cc(OC)c1OC(F)F. The van der Waals surface area contributed by atoms with Gasteiger partial charge in [0.2, 0.25) is 5.75 Å². The van der Waals surface area contributed by atoms with E-state index in [1.165, 1.54) is 48.6 Å². The highest BCUT2D eigenvalue weighted by atomic mass is 32.1. The van der Waals surface area contributed by atoms with Crippen molar-refractivity contribution in [3.8, 4) is 23.3 Å². The molecule has 1 N–H and O–H groups in total. The van der Waals surface area contributed by atoms with Gasteiger partial charge in [-0.3, -0.25) is 4.79 Å². The van der Waals surface area contributed by atoms with Crippen molar-refractivity contribution < 1.29 is 23.0 Å². The van der Waals surface area contributed by atoms with E-state index in [0.717, 1.165) is 31.2 Å². The van der Waals surface area contributed by atoms with Gasteiger partial charge >= 0.3 is 6.61 Å². The summed E-state index contributed by atoms with van der Waals surface area (Å²) in [6, 6.07) is 4.90. The van der Waals surface area contributed by atoms with Gasteiger partial charge in [0.1, 0.15) is 10.9 Å². The van der Waals surface area contributed by atoms with Gasteiger partial charge in [-0.15, -0.1) is 11.3 Å². The Hall–Kier alpha value is -3.45. The molecule has 0 atom stereocenters. The highest BCUT2D eigenvalue weighted by molar-refractivity contribution is 7.18. The van der Waals surface area contributed by atoms with E-state index in [0.29, 0.717) is 15.8 Å². The van der Waals surface area contributed by atoms with Crippen molar-refractivity contribution in [2.24, 2.45) is 0 Å². The van der Waals surface area contributed by atoms with Crippen LogP contribution in [0.25, 0.3) is 21.9 Å².